The standard InChI is InChI=1S/C25H35N3O3S/c1-25(2,3)22-9-11-23(12-10-22)32(30,31)27-16-13-24(29)26-15-6-17-28-18-14-20-7-4-5-8-21(20)19-28/h4-5,7-12,27H,6,13-19H2,1-3H3,(H,26,29). The first-order chi connectivity index (χ1) is 15.1. The fourth-order valence-electron chi connectivity index (χ4n) is 3.88. The first-order valence-corrected chi connectivity index (χ1v) is 12.8. The minimum Gasteiger partial charge on any atom is -0.356 e. The van der Waals surface area contributed by atoms with E-state index in [4.69, 9.17) is 0 Å². The van der Waals surface area contributed by atoms with Crippen LogP contribution in [0, 0.1) is 0 Å². The number of nitrogens with one attached hydrogen (secondary N) is 2. The summed E-state index contributed by atoms with van der Waals surface area (Å²) in [5.41, 5.74) is 3.86. The van der Waals surface area contributed by atoms with Gasteiger partial charge in [0, 0.05) is 39.1 Å². The topological polar surface area (TPSA) is 78.5 Å². The second kappa shape index (κ2) is 10.6. The lowest BCUT2D eigenvalue weighted by Crippen LogP contribution is -2.34. The molecule has 3 rings (SSSR count). The Morgan fingerprint density at radius 2 is 1.69 bits per heavy atom. The first kappa shape index (κ1) is 24.4. The average molecular weight is 458 g/mol. The molecule has 174 valence electrons. The van der Waals surface area contributed by atoms with Crippen molar-refractivity contribution >= 4 is 15.9 Å². The van der Waals surface area contributed by atoms with E-state index in [-0.39, 0.29) is 29.2 Å². The number of amides is 1. The number of hydrogen-bond acceptors (Lipinski definition) is 4. The fourth-order valence-corrected chi connectivity index (χ4v) is 4.91. The van der Waals surface area contributed by atoms with Gasteiger partial charge in [-0.3, -0.25) is 9.69 Å². The zero-order valence-electron chi connectivity index (χ0n) is 19.4. The molecule has 6 nitrogen and oxygen atoms in total. The number of nitrogens with zero attached hydrogens (tertiary/aromatic N) is 1. The van der Waals surface area contributed by atoms with Gasteiger partial charge in [0.2, 0.25) is 15.9 Å². The molecule has 0 unspecified atom stereocenters. The monoisotopic (exact) mass is 457 g/mol. The number of benzene rings is 2. The zero-order chi connectivity index (χ0) is 23.2. The van der Waals surface area contributed by atoms with Gasteiger partial charge in [-0.05, 0) is 47.1 Å². The number of carbonyl (C=O) groups is 1. The highest BCUT2D eigenvalue weighted by atomic mass is 32.2. The molecule has 1 aliphatic rings. The summed E-state index contributed by atoms with van der Waals surface area (Å²) in [5.74, 6) is -0.139. The largest absolute Gasteiger partial charge is 0.356 e. The van der Waals surface area contributed by atoms with Crippen LogP contribution >= 0.6 is 0 Å². The van der Waals surface area contributed by atoms with E-state index in [1.807, 2.05) is 12.1 Å². The summed E-state index contributed by atoms with van der Waals surface area (Å²) in [6, 6.07) is 15.4. The van der Waals surface area contributed by atoms with Gasteiger partial charge in [-0.1, -0.05) is 57.2 Å². The van der Waals surface area contributed by atoms with Crippen LogP contribution in [-0.2, 0) is 33.2 Å². The molecule has 0 radical (unpaired) electrons. The number of sulfonamides is 1. The van der Waals surface area contributed by atoms with Crippen LogP contribution in [0.5, 0.6) is 0 Å². The Balaban J connectivity index is 1.34. The van der Waals surface area contributed by atoms with Crippen molar-refractivity contribution in [3.05, 3.63) is 65.2 Å². The third-order valence-electron chi connectivity index (χ3n) is 5.86. The molecule has 0 aromatic heterocycles. The maximum atomic E-state index is 12.4. The maximum Gasteiger partial charge on any atom is 0.240 e. The van der Waals surface area contributed by atoms with Gasteiger partial charge in [0.15, 0.2) is 0 Å². The fraction of sp³-hybridized carbons (Fsp3) is 0.480. The minimum absolute atomic E-state index is 0.0354. The molecule has 0 aliphatic carbocycles. The van der Waals surface area contributed by atoms with Gasteiger partial charge in [-0.15, -0.1) is 0 Å². The molecule has 0 spiro atoms. The highest BCUT2D eigenvalue weighted by molar-refractivity contribution is 7.89. The Labute approximate surface area is 192 Å². The van der Waals surface area contributed by atoms with Gasteiger partial charge in [0.1, 0.15) is 0 Å². The minimum atomic E-state index is -3.62. The summed E-state index contributed by atoms with van der Waals surface area (Å²) >= 11 is 0. The number of carbonyl (C=O) groups excluding carboxylic acids is 1. The van der Waals surface area contributed by atoms with Crippen molar-refractivity contribution in [2.45, 2.75) is 56.9 Å². The molecule has 2 N–H and O–H groups in total. The molecule has 1 aliphatic heterocycles. The molecule has 1 amide bonds. The lowest BCUT2D eigenvalue weighted by Gasteiger charge is -2.28. The molecule has 0 fully saturated rings. The average Bonchev–Trinajstić information content (AvgIpc) is 2.76. The summed E-state index contributed by atoms with van der Waals surface area (Å²) in [5, 5.41) is 2.89. The summed E-state index contributed by atoms with van der Waals surface area (Å²) in [7, 11) is -3.62. The van der Waals surface area contributed by atoms with Gasteiger partial charge in [0.05, 0.1) is 4.90 Å². The van der Waals surface area contributed by atoms with Crippen molar-refractivity contribution < 1.29 is 13.2 Å². The van der Waals surface area contributed by atoms with Crippen LogP contribution in [0.1, 0.15) is 50.3 Å². The van der Waals surface area contributed by atoms with E-state index in [9.17, 15) is 13.2 Å². The third-order valence-corrected chi connectivity index (χ3v) is 7.33. The first-order valence-electron chi connectivity index (χ1n) is 11.3. The van der Waals surface area contributed by atoms with Gasteiger partial charge in [-0.2, -0.15) is 0 Å². The SMILES string of the molecule is CC(C)(C)c1ccc(S(=O)(=O)NCCC(=O)NCCCN2CCc3ccccc3C2)cc1. The van der Waals surface area contributed by atoms with E-state index in [2.05, 4.69) is 60.0 Å². The predicted molar refractivity (Wildman–Crippen MR) is 128 cm³/mol. The summed E-state index contributed by atoms with van der Waals surface area (Å²) in [4.78, 5) is 14.7. The van der Waals surface area contributed by atoms with Gasteiger partial charge < -0.3 is 5.32 Å². The molecule has 1 heterocycles. The Morgan fingerprint density at radius 1 is 1.00 bits per heavy atom. The maximum absolute atomic E-state index is 12.4. The highest BCUT2D eigenvalue weighted by Gasteiger charge is 2.18. The summed E-state index contributed by atoms with van der Waals surface area (Å²) in [6.45, 7) is 9.87. The van der Waals surface area contributed by atoms with Crippen LogP contribution < -0.4 is 10.0 Å². The molecule has 0 atom stereocenters. The van der Waals surface area contributed by atoms with Gasteiger partial charge >= 0.3 is 0 Å². The summed E-state index contributed by atoms with van der Waals surface area (Å²) in [6.07, 6.45) is 2.07. The second-order valence-electron chi connectivity index (χ2n) is 9.42. The molecule has 2 aromatic carbocycles. The van der Waals surface area contributed by atoms with Crippen molar-refractivity contribution in [3.63, 3.8) is 0 Å². The molecular weight excluding hydrogens is 422 g/mol. The van der Waals surface area contributed by atoms with E-state index in [0.29, 0.717) is 6.54 Å². The lowest BCUT2D eigenvalue weighted by atomic mass is 9.87. The van der Waals surface area contributed by atoms with E-state index in [0.717, 1.165) is 38.0 Å². The molecule has 0 saturated heterocycles. The van der Waals surface area contributed by atoms with E-state index < -0.39 is 10.0 Å². The Kier molecular flexibility index (Phi) is 8.09. The van der Waals surface area contributed by atoms with Gasteiger partial charge in [-0.25, -0.2) is 13.1 Å². The van der Waals surface area contributed by atoms with Crippen LogP contribution in [0.15, 0.2) is 53.4 Å². The highest BCUT2D eigenvalue weighted by Crippen LogP contribution is 2.23. The Bertz CT molecular complexity index is 1010. The van der Waals surface area contributed by atoms with Crippen molar-refractivity contribution in [2.75, 3.05) is 26.2 Å². The van der Waals surface area contributed by atoms with Crippen molar-refractivity contribution in [2.24, 2.45) is 0 Å². The normalized spacial score (nSPS) is 14.7. The van der Waals surface area contributed by atoms with Crippen molar-refractivity contribution in [1.82, 2.24) is 14.9 Å². The molecular formula is C25H35N3O3S. The molecule has 0 bridgehead atoms. The quantitative estimate of drug-likeness (QED) is 0.567. The third kappa shape index (κ3) is 6.89. The zero-order valence-corrected chi connectivity index (χ0v) is 20.2. The smallest absolute Gasteiger partial charge is 0.240 e. The van der Waals surface area contributed by atoms with E-state index >= 15 is 0 Å². The number of hydrogen-bond donors (Lipinski definition) is 2. The molecule has 2 aromatic rings. The molecule has 32 heavy (non-hydrogen) atoms. The number of rotatable bonds is 9. The Morgan fingerprint density at radius 3 is 2.38 bits per heavy atom. The second-order valence-corrected chi connectivity index (χ2v) is 11.2. The van der Waals surface area contributed by atoms with Crippen LogP contribution in [0.4, 0.5) is 0 Å². The van der Waals surface area contributed by atoms with Crippen LogP contribution in [0.2, 0.25) is 0 Å². The van der Waals surface area contributed by atoms with Crippen LogP contribution in [-0.4, -0.2) is 45.4 Å². The van der Waals surface area contributed by atoms with Crippen LogP contribution in [0.3, 0.4) is 0 Å². The van der Waals surface area contributed by atoms with Crippen molar-refractivity contribution in [1.29, 1.82) is 0 Å². The predicted octanol–water partition coefficient (Wildman–Crippen LogP) is 3.22. The Hall–Kier alpha value is -2.22. The number of fused-ring (bicyclic) bond motifs is 1. The van der Waals surface area contributed by atoms with Gasteiger partial charge in [0.25, 0.3) is 0 Å². The summed E-state index contributed by atoms with van der Waals surface area (Å²) < 4.78 is 27.4. The lowest BCUT2D eigenvalue weighted by molar-refractivity contribution is -0.120. The van der Waals surface area contributed by atoms with Crippen LogP contribution in [0.25, 0.3) is 0 Å². The molecule has 7 heteroatoms. The van der Waals surface area contributed by atoms with Crippen molar-refractivity contribution in [3.8, 4) is 0 Å². The van der Waals surface area contributed by atoms with E-state index in [1.54, 1.807) is 12.1 Å². The van der Waals surface area contributed by atoms with E-state index in [1.165, 1.54) is 11.1 Å². The molecule has 0 saturated carbocycles.